The van der Waals surface area contributed by atoms with Crippen molar-refractivity contribution in [2.45, 2.75) is 57.5 Å². The number of likely N-dealkylation sites (tertiary alicyclic amines) is 2. The topological polar surface area (TPSA) is 95.6 Å². The Morgan fingerprint density at radius 2 is 1.93 bits per heavy atom. The molecule has 1 aromatic carbocycles. The van der Waals surface area contributed by atoms with Crippen LogP contribution >= 0.6 is 0 Å². The Morgan fingerprint density at radius 3 is 2.64 bits per heavy atom. The molecule has 1 amide bonds. The van der Waals surface area contributed by atoms with Gasteiger partial charge in [-0.2, -0.15) is 0 Å². The zero-order valence-electron chi connectivity index (χ0n) is 16.6. The maximum absolute atomic E-state index is 12.8. The summed E-state index contributed by atoms with van der Waals surface area (Å²) in [5.74, 6) is -0.447. The minimum Gasteiger partial charge on any atom is -0.408 e. The maximum Gasteiger partial charge on any atom is 0.417 e. The van der Waals surface area contributed by atoms with E-state index in [4.69, 9.17) is 10.2 Å². The highest BCUT2D eigenvalue weighted by Crippen LogP contribution is 2.22. The lowest BCUT2D eigenvalue weighted by atomic mass is 9.98. The molecule has 152 valence electrons. The third-order valence-electron chi connectivity index (χ3n) is 6.24. The number of aromatic nitrogens is 1. The SMILES string of the molecule is Cc1cc(CC(N)C(=O)N2CCC(N3CCCCC3)CC2)cc2oc(=O)[nH]c12. The molecule has 1 aromatic heterocycles. The first-order chi connectivity index (χ1) is 13.5. The summed E-state index contributed by atoms with van der Waals surface area (Å²) in [6, 6.07) is 3.80. The number of hydrogen-bond acceptors (Lipinski definition) is 5. The number of oxazole rings is 1. The Hall–Kier alpha value is -2.12. The van der Waals surface area contributed by atoms with E-state index in [1.54, 1.807) is 6.07 Å². The highest BCUT2D eigenvalue weighted by molar-refractivity contribution is 5.82. The summed E-state index contributed by atoms with van der Waals surface area (Å²) < 4.78 is 5.17. The number of nitrogens with two attached hydrogens (primary N) is 1. The molecular weight excluding hydrogens is 356 g/mol. The van der Waals surface area contributed by atoms with Crippen LogP contribution in [-0.2, 0) is 11.2 Å². The van der Waals surface area contributed by atoms with Crippen molar-refractivity contribution < 1.29 is 9.21 Å². The van der Waals surface area contributed by atoms with E-state index in [2.05, 4.69) is 9.88 Å². The van der Waals surface area contributed by atoms with Crippen LogP contribution in [0.15, 0.2) is 21.3 Å². The van der Waals surface area contributed by atoms with Gasteiger partial charge in [0.05, 0.1) is 11.6 Å². The number of amides is 1. The van der Waals surface area contributed by atoms with E-state index < -0.39 is 11.8 Å². The first-order valence-electron chi connectivity index (χ1n) is 10.4. The van der Waals surface area contributed by atoms with Gasteiger partial charge in [0.25, 0.3) is 0 Å². The van der Waals surface area contributed by atoms with Gasteiger partial charge in [-0.15, -0.1) is 0 Å². The Kier molecular flexibility index (Phi) is 5.55. The number of piperidine rings is 2. The molecule has 2 saturated heterocycles. The first-order valence-corrected chi connectivity index (χ1v) is 10.4. The molecule has 0 aliphatic carbocycles. The van der Waals surface area contributed by atoms with Crippen LogP contribution < -0.4 is 11.5 Å². The number of fused-ring (bicyclic) bond motifs is 1. The molecule has 28 heavy (non-hydrogen) atoms. The maximum atomic E-state index is 12.8. The minimum absolute atomic E-state index is 0.0189. The molecular formula is C21H30N4O3. The second-order valence-electron chi connectivity index (χ2n) is 8.26. The summed E-state index contributed by atoms with van der Waals surface area (Å²) in [5, 5.41) is 0. The molecule has 7 nitrogen and oxygen atoms in total. The molecule has 7 heteroatoms. The highest BCUT2D eigenvalue weighted by Gasteiger charge is 2.29. The van der Waals surface area contributed by atoms with E-state index in [9.17, 15) is 9.59 Å². The quantitative estimate of drug-likeness (QED) is 0.835. The number of aryl methyl sites for hydroxylation is 1. The third kappa shape index (κ3) is 4.00. The Morgan fingerprint density at radius 1 is 1.21 bits per heavy atom. The van der Waals surface area contributed by atoms with Crippen molar-refractivity contribution in [3.8, 4) is 0 Å². The molecule has 2 aliphatic rings. The molecule has 2 aromatic rings. The summed E-state index contributed by atoms with van der Waals surface area (Å²) in [6.07, 6.45) is 6.47. The monoisotopic (exact) mass is 386 g/mol. The van der Waals surface area contributed by atoms with Crippen LogP contribution in [0.3, 0.4) is 0 Å². The molecule has 2 aliphatic heterocycles. The molecule has 4 rings (SSSR count). The smallest absolute Gasteiger partial charge is 0.408 e. The number of nitrogens with zero attached hydrogens (tertiary/aromatic N) is 2. The summed E-state index contributed by atoms with van der Waals surface area (Å²) in [4.78, 5) is 31.5. The molecule has 3 heterocycles. The number of rotatable bonds is 4. The Bertz CT molecular complexity index is 889. The number of nitrogens with one attached hydrogen (secondary N) is 1. The van der Waals surface area contributed by atoms with Gasteiger partial charge >= 0.3 is 5.76 Å². The van der Waals surface area contributed by atoms with Gasteiger partial charge in [-0.05, 0) is 69.3 Å². The van der Waals surface area contributed by atoms with E-state index in [0.29, 0.717) is 23.6 Å². The van der Waals surface area contributed by atoms with Crippen LogP contribution in [0, 0.1) is 6.92 Å². The summed E-state index contributed by atoms with van der Waals surface area (Å²) in [7, 11) is 0. The fourth-order valence-electron chi connectivity index (χ4n) is 4.72. The molecule has 0 bridgehead atoms. The number of carbonyl (C=O) groups is 1. The fraction of sp³-hybridized carbons (Fsp3) is 0.619. The first kappa shape index (κ1) is 19.2. The van der Waals surface area contributed by atoms with Gasteiger partial charge in [0.15, 0.2) is 5.58 Å². The molecule has 0 spiro atoms. The van der Waals surface area contributed by atoms with E-state index in [1.807, 2.05) is 17.9 Å². The predicted octanol–water partition coefficient (Wildman–Crippen LogP) is 1.78. The minimum atomic E-state index is -0.575. The van der Waals surface area contributed by atoms with Crippen molar-refractivity contribution in [1.82, 2.24) is 14.8 Å². The largest absolute Gasteiger partial charge is 0.417 e. The lowest BCUT2D eigenvalue weighted by Crippen LogP contribution is -2.52. The lowest BCUT2D eigenvalue weighted by molar-refractivity contribution is -0.134. The van der Waals surface area contributed by atoms with E-state index >= 15 is 0 Å². The molecule has 2 fully saturated rings. The van der Waals surface area contributed by atoms with Crippen LogP contribution in [0.4, 0.5) is 0 Å². The van der Waals surface area contributed by atoms with Gasteiger partial charge in [0.2, 0.25) is 5.91 Å². The molecule has 3 N–H and O–H groups in total. The van der Waals surface area contributed by atoms with Gasteiger partial charge in [-0.25, -0.2) is 4.79 Å². The van der Waals surface area contributed by atoms with Gasteiger partial charge in [-0.3, -0.25) is 9.78 Å². The van der Waals surface area contributed by atoms with Crippen molar-refractivity contribution in [1.29, 1.82) is 0 Å². The van der Waals surface area contributed by atoms with E-state index in [0.717, 1.165) is 37.1 Å². The van der Waals surface area contributed by atoms with Crippen LogP contribution in [0.25, 0.3) is 11.1 Å². The standard InChI is InChI=1S/C21H30N4O3/c1-14-11-15(13-18-19(14)23-21(27)28-18)12-17(22)20(26)25-9-5-16(6-10-25)24-7-3-2-4-8-24/h11,13,16-17H,2-10,12,22H2,1H3,(H,23,27). The summed E-state index contributed by atoms with van der Waals surface area (Å²) in [5.41, 5.74) is 9.30. The van der Waals surface area contributed by atoms with Crippen LogP contribution in [0.1, 0.15) is 43.2 Å². The van der Waals surface area contributed by atoms with E-state index in [1.165, 1.54) is 32.4 Å². The van der Waals surface area contributed by atoms with Crippen molar-refractivity contribution in [3.05, 3.63) is 33.8 Å². The molecule has 0 saturated carbocycles. The highest BCUT2D eigenvalue weighted by atomic mass is 16.4. The number of carbonyl (C=O) groups excluding carboxylic acids is 1. The van der Waals surface area contributed by atoms with E-state index in [-0.39, 0.29) is 5.91 Å². The van der Waals surface area contributed by atoms with Gasteiger partial charge < -0.3 is 20.0 Å². The second-order valence-corrected chi connectivity index (χ2v) is 8.26. The summed E-state index contributed by atoms with van der Waals surface area (Å²) >= 11 is 0. The molecule has 0 radical (unpaired) electrons. The van der Waals surface area contributed by atoms with Gasteiger partial charge in [0, 0.05) is 19.1 Å². The van der Waals surface area contributed by atoms with Crippen molar-refractivity contribution in [2.24, 2.45) is 5.73 Å². The Labute approximate surface area is 164 Å². The number of aromatic amines is 1. The zero-order chi connectivity index (χ0) is 19.7. The second kappa shape index (κ2) is 8.09. The fourth-order valence-corrected chi connectivity index (χ4v) is 4.72. The predicted molar refractivity (Wildman–Crippen MR) is 108 cm³/mol. The number of H-pyrrole nitrogens is 1. The van der Waals surface area contributed by atoms with Crippen LogP contribution in [-0.4, -0.2) is 59.0 Å². The van der Waals surface area contributed by atoms with Crippen LogP contribution in [0.5, 0.6) is 0 Å². The van der Waals surface area contributed by atoms with Crippen molar-refractivity contribution in [3.63, 3.8) is 0 Å². The van der Waals surface area contributed by atoms with Gasteiger partial charge in [-0.1, -0.05) is 12.5 Å². The summed E-state index contributed by atoms with van der Waals surface area (Å²) in [6.45, 7) is 5.90. The zero-order valence-corrected chi connectivity index (χ0v) is 16.6. The normalized spacial score (nSPS) is 20.6. The average molecular weight is 386 g/mol. The number of hydrogen-bond donors (Lipinski definition) is 2. The third-order valence-corrected chi connectivity index (χ3v) is 6.24. The molecule has 1 atom stereocenters. The Balaban J connectivity index is 1.35. The lowest BCUT2D eigenvalue weighted by Gasteiger charge is -2.40. The van der Waals surface area contributed by atoms with Crippen molar-refractivity contribution >= 4 is 17.0 Å². The molecule has 1 unspecified atom stereocenters. The number of benzene rings is 1. The average Bonchev–Trinajstić information content (AvgIpc) is 3.09. The van der Waals surface area contributed by atoms with Gasteiger partial charge in [0.1, 0.15) is 0 Å². The van der Waals surface area contributed by atoms with Crippen LogP contribution in [0.2, 0.25) is 0 Å². The van der Waals surface area contributed by atoms with Crippen molar-refractivity contribution in [2.75, 3.05) is 26.2 Å².